The van der Waals surface area contributed by atoms with Crippen molar-refractivity contribution >= 4 is 46.0 Å². The molecule has 0 aliphatic carbocycles. The number of rotatable bonds is 8. The summed E-state index contributed by atoms with van der Waals surface area (Å²) in [5, 5.41) is 7.62. The number of benzene rings is 2. The Morgan fingerprint density at radius 1 is 0.970 bits per heavy atom. The first kappa shape index (κ1) is 25.7. The molecule has 0 fully saturated rings. The number of amides is 3. The third kappa shape index (κ3) is 8.15. The fourth-order valence-corrected chi connectivity index (χ4v) is 3.72. The number of methoxy groups -OCH3 is 1. The predicted octanol–water partition coefficient (Wildman–Crippen LogP) is 3.85. The monoisotopic (exact) mass is 472 g/mol. The Morgan fingerprint density at radius 3 is 2.33 bits per heavy atom. The number of ether oxygens (including phenoxy) is 1. The second-order valence-corrected chi connectivity index (χ2v) is 8.37. The van der Waals surface area contributed by atoms with Gasteiger partial charge in [0.15, 0.2) is 0 Å². The summed E-state index contributed by atoms with van der Waals surface area (Å²) in [4.78, 5) is 41.3. The first-order valence-corrected chi connectivity index (χ1v) is 11.7. The van der Waals surface area contributed by atoms with Crippen molar-refractivity contribution in [3.63, 3.8) is 0 Å². The Morgan fingerprint density at radius 2 is 1.70 bits per heavy atom. The molecule has 0 heterocycles. The van der Waals surface area contributed by atoms with Crippen LogP contribution in [-0.2, 0) is 25.1 Å². The van der Waals surface area contributed by atoms with E-state index in [1.165, 1.54) is 13.2 Å². The maximum absolute atomic E-state index is 13.0. The van der Waals surface area contributed by atoms with Crippen molar-refractivity contribution in [3.8, 4) is 0 Å². The lowest BCUT2D eigenvalue weighted by atomic mass is 10.2. The molecule has 3 amide bonds. The highest BCUT2D eigenvalue weighted by molar-refractivity contribution is 7.85. The van der Waals surface area contributed by atoms with Crippen molar-refractivity contribution in [2.24, 2.45) is 4.99 Å². The minimum absolute atomic E-state index is 0.153. The molecule has 0 bridgehead atoms. The molecule has 2 aromatic rings. The number of alkyl carbamates (subject to hydrolysis) is 1. The van der Waals surface area contributed by atoms with Gasteiger partial charge in [-0.25, -0.2) is 14.0 Å². The summed E-state index contributed by atoms with van der Waals surface area (Å²) in [5.41, 5.74) is 0.560. The number of carbonyl (C=O) groups is 3. The highest BCUT2D eigenvalue weighted by Gasteiger charge is 2.15. The second-order valence-electron chi connectivity index (χ2n) is 6.89. The van der Waals surface area contributed by atoms with Gasteiger partial charge in [0.05, 0.1) is 29.3 Å². The van der Waals surface area contributed by atoms with E-state index in [-0.39, 0.29) is 29.9 Å². The number of carbonyl (C=O) groups excluding carboxylic acids is 3. The molecule has 3 N–H and O–H groups in total. The molecule has 0 aliphatic rings. The van der Waals surface area contributed by atoms with E-state index in [0.717, 1.165) is 12.8 Å². The number of aliphatic imine (C=N–C) groups is 1. The molecule has 1 unspecified atom stereocenters. The standard InChI is InChI=1S/C23H28N4O5S/c1-4-6-12-21(29)24-18-14-13-17(33(31)16-10-8-7-9-11-16)15-19(18)25-22(26-20(28)5-2)27-23(30)32-3/h7-11,13-15H,4-6,12H2,1-3H3,(H,24,29)(H2,25,26,27,28,30). The van der Waals surface area contributed by atoms with Crippen LogP contribution in [-0.4, -0.2) is 35.2 Å². The number of unbranched alkanes of at least 4 members (excludes halogenated alkanes) is 1. The van der Waals surface area contributed by atoms with Crippen LogP contribution >= 0.6 is 0 Å². The van der Waals surface area contributed by atoms with Crippen LogP contribution in [0.2, 0.25) is 0 Å². The van der Waals surface area contributed by atoms with Crippen LogP contribution < -0.4 is 16.0 Å². The fourth-order valence-electron chi connectivity index (χ4n) is 2.63. The topological polar surface area (TPSA) is 126 Å². The van der Waals surface area contributed by atoms with Gasteiger partial charge < -0.3 is 10.1 Å². The number of hydrogen-bond donors (Lipinski definition) is 3. The Kier molecular flexibility index (Phi) is 10.2. The lowest BCUT2D eigenvalue weighted by molar-refractivity contribution is -0.119. The minimum atomic E-state index is -1.50. The Hall–Kier alpha value is -3.53. The molecule has 0 aliphatic heterocycles. The molecule has 0 saturated heterocycles. The lowest BCUT2D eigenvalue weighted by Crippen LogP contribution is -2.43. The second kappa shape index (κ2) is 13.1. The zero-order valence-electron chi connectivity index (χ0n) is 18.8. The average Bonchev–Trinajstić information content (AvgIpc) is 2.83. The molecule has 0 spiro atoms. The molecule has 10 heteroatoms. The predicted molar refractivity (Wildman–Crippen MR) is 127 cm³/mol. The summed E-state index contributed by atoms with van der Waals surface area (Å²) < 4.78 is 17.6. The molecule has 0 saturated carbocycles. The largest absolute Gasteiger partial charge is 0.453 e. The van der Waals surface area contributed by atoms with Crippen molar-refractivity contribution < 1.29 is 23.3 Å². The van der Waals surface area contributed by atoms with Crippen molar-refractivity contribution in [1.82, 2.24) is 10.6 Å². The van der Waals surface area contributed by atoms with E-state index >= 15 is 0 Å². The van der Waals surface area contributed by atoms with Crippen LogP contribution in [0.25, 0.3) is 0 Å². The van der Waals surface area contributed by atoms with Gasteiger partial charge in [-0.15, -0.1) is 0 Å². The van der Waals surface area contributed by atoms with Crippen LogP contribution in [0.1, 0.15) is 39.5 Å². The lowest BCUT2D eigenvalue weighted by Gasteiger charge is -2.13. The zero-order chi connectivity index (χ0) is 24.2. The van der Waals surface area contributed by atoms with Crippen molar-refractivity contribution in [2.75, 3.05) is 12.4 Å². The number of nitrogens with zero attached hydrogens (tertiary/aromatic N) is 1. The quantitative estimate of drug-likeness (QED) is 0.397. The molecule has 33 heavy (non-hydrogen) atoms. The van der Waals surface area contributed by atoms with Crippen molar-refractivity contribution in [3.05, 3.63) is 48.5 Å². The van der Waals surface area contributed by atoms with E-state index in [4.69, 9.17) is 0 Å². The SMILES string of the molecule is CCCCC(=O)Nc1ccc(S(=O)c2ccccc2)cc1N=C(NC(=O)CC)NC(=O)OC. The molecule has 9 nitrogen and oxygen atoms in total. The molecular formula is C23H28N4O5S. The van der Waals surface area contributed by atoms with Gasteiger partial charge >= 0.3 is 6.09 Å². The highest BCUT2D eigenvalue weighted by atomic mass is 32.2. The normalized spacial score (nSPS) is 11.9. The summed E-state index contributed by atoms with van der Waals surface area (Å²) in [7, 11) is -0.326. The Bertz CT molecular complexity index is 1020. The number of nitrogens with one attached hydrogen (secondary N) is 3. The summed E-state index contributed by atoms with van der Waals surface area (Å²) in [5.74, 6) is -0.770. The van der Waals surface area contributed by atoms with Crippen LogP contribution in [0.15, 0.2) is 63.3 Å². The van der Waals surface area contributed by atoms with E-state index in [2.05, 4.69) is 25.7 Å². The maximum atomic E-state index is 13.0. The number of anilines is 1. The first-order valence-electron chi connectivity index (χ1n) is 10.5. The van der Waals surface area contributed by atoms with Crippen molar-refractivity contribution in [2.45, 2.75) is 49.3 Å². The van der Waals surface area contributed by atoms with Gasteiger partial charge in [-0.05, 0) is 36.8 Å². The summed E-state index contributed by atoms with van der Waals surface area (Å²) in [6.45, 7) is 3.63. The van der Waals surface area contributed by atoms with Crippen LogP contribution in [0.5, 0.6) is 0 Å². The Balaban J connectivity index is 2.50. The number of hydrogen-bond acceptors (Lipinski definition) is 6. The van der Waals surface area contributed by atoms with E-state index in [0.29, 0.717) is 21.9 Å². The van der Waals surface area contributed by atoms with Gasteiger partial charge in [0, 0.05) is 22.6 Å². The molecule has 2 aromatic carbocycles. The van der Waals surface area contributed by atoms with Gasteiger partial charge in [0.1, 0.15) is 0 Å². The van der Waals surface area contributed by atoms with Gasteiger partial charge in [-0.1, -0.05) is 38.5 Å². The molecular weight excluding hydrogens is 444 g/mol. The summed E-state index contributed by atoms with van der Waals surface area (Å²) in [6, 6.07) is 13.6. The molecule has 0 radical (unpaired) electrons. The molecule has 1 atom stereocenters. The third-order valence-corrected chi connectivity index (χ3v) is 5.77. The van der Waals surface area contributed by atoms with Gasteiger partial charge in [0.2, 0.25) is 17.8 Å². The first-order chi connectivity index (χ1) is 15.9. The molecule has 0 aromatic heterocycles. The molecule has 2 rings (SSSR count). The smallest absolute Gasteiger partial charge is 0.413 e. The summed E-state index contributed by atoms with van der Waals surface area (Å²) >= 11 is 0. The summed E-state index contributed by atoms with van der Waals surface area (Å²) in [6.07, 6.45) is 1.24. The highest BCUT2D eigenvalue weighted by Crippen LogP contribution is 2.30. The van der Waals surface area contributed by atoms with Crippen LogP contribution in [0.3, 0.4) is 0 Å². The van der Waals surface area contributed by atoms with Gasteiger partial charge in [-0.3, -0.25) is 20.2 Å². The molecule has 176 valence electrons. The minimum Gasteiger partial charge on any atom is -0.453 e. The van der Waals surface area contributed by atoms with E-state index in [1.54, 1.807) is 43.3 Å². The van der Waals surface area contributed by atoms with E-state index in [1.807, 2.05) is 13.0 Å². The van der Waals surface area contributed by atoms with Crippen LogP contribution in [0, 0.1) is 0 Å². The van der Waals surface area contributed by atoms with E-state index < -0.39 is 16.9 Å². The van der Waals surface area contributed by atoms with Crippen LogP contribution in [0.4, 0.5) is 16.2 Å². The van der Waals surface area contributed by atoms with Crippen molar-refractivity contribution in [1.29, 1.82) is 0 Å². The van der Waals surface area contributed by atoms with Gasteiger partial charge in [-0.2, -0.15) is 0 Å². The Labute approximate surface area is 195 Å². The maximum Gasteiger partial charge on any atom is 0.413 e. The van der Waals surface area contributed by atoms with Gasteiger partial charge in [0.25, 0.3) is 0 Å². The van der Waals surface area contributed by atoms with E-state index in [9.17, 15) is 18.6 Å². The third-order valence-electron chi connectivity index (χ3n) is 4.39. The average molecular weight is 473 g/mol. The zero-order valence-corrected chi connectivity index (χ0v) is 19.7. The fraction of sp³-hybridized carbons (Fsp3) is 0.304. The number of guanidine groups is 1.